The van der Waals surface area contributed by atoms with Crippen molar-refractivity contribution in [3.8, 4) is 0 Å². The lowest BCUT2D eigenvalue weighted by atomic mass is 10.00. The SMILES string of the molecule is CCOC(=O)[C@@]1(C/C=C/P(=O)(OCC)OCC)CC1C. The highest BCUT2D eigenvalue weighted by Gasteiger charge is 2.57. The molecule has 2 atom stereocenters. The molecule has 0 N–H and O–H groups in total. The van der Waals surface area contributed by atoms with Crippen molar-refractivity contribution < 1.29 is 23.1 Å². The Morgan fingerprint density at radius 3 is 2.20 bits per heavy atom. The van der Waals surface area contributed by atoms with Crippen LogP contribution in [-0.4, -0.2) is 25.8 Å². The van der Waals surface area contributed by atoms with Crippen molar-refractivity contribution in [2.75, 3.05) is 19.8 Å². The van der Waals surface area contributed by atoms with Crippen LogP contribution in [0, 0.1) is 11.3 Å². The molecule has 0 spiro atoms. The second-order valence-electron chi connectivity index (χ2n) is 4.95. The van der Waals surface area contributed by atoms with E-state index in [2.05, 4.69) is 0 Å². The monoisotopic (exact) mass is 304 g/mol. The summed E-state index contributed by atoms with van der Waals surface area (Å²) >= 11 is 0. The minimum absolute atomic E-state index is 0.167. The molecule has 20 heavy (non-hydrogen) atoms. The van der Waals surface area contributed by atoms with Gasteiger partial charge in [0.2, 0.25) is 0 Å². The summed E-state index contributed by atoms with van der Waals surface area (Å²) in [7, 11) is -3.18. The van der Waals surface area contributed by atoms with E-state index < -0.39 is 13.0 Å². The molecular weight excluding hydrogens is 279 g/mol. The van der Waals surface area contributed by atoms with Gasteiger partial charge in [0.1, 0.15) is 0 Å². The Morgan fingerprint density at radius 1 is 1.25 bits per heavy atom. The molecule has 0 bridgehead atoms. The molecule has 0 aromatic rings. The zero-order chi connectivity index (χ0) is 15.2. The number of hydrogen-bond donors (Lipinski definition) is 0. The number of hydrogen-bond acceptors (Lipinski definition) is 5. The third-order valence-electron chi connectivity index (χ3n) is 3.52. The second kappa shape index (κ2) is 7.39. The molecule has 1 rings (SSSR count). The third kappa shape index (κ3) is 4.18. The summed E-state index contributed by atoms with van der Waals surface area (Å²) in [6.07, 6.45) is 3.05. The fourth-order valence-electron chi connectivity index (χ4n) is 2.29. The third-order valence-corrected chi connectivity index (χ3v) is 5.34. The second-order valence-corrected chi connectivity index (χ2v) is 6.84. The van der Waals surface area contributed by atoms with Gasteiger partial charge in [0.05, 0.1) is 25.2 Å². The smallest absolute Gasteiger partial charge is 0.353 e. The van der Waals surface area contributed by atoms with E-state index in [1.54, 1.807) is 26.8 Å². The van der Waals surface area contributed by atoms with E-state index >= 15 is 0 Å². The maximum Gasteiger partial charge on any atom is 0.353 e. The van der Waals surface area contributed by atoms with Crippen LogP contribution in [0.15, 0.2) is 11.9 Å². The lowest BCUT2D eigenvalue weighted by Crippen LogP contribution is -2.20. The largest absolute Gasteiger partial charge is 0.466 e. The van der Waals surface area contributed by atoms with Crippen LogP contribution < -0.4 is 0 Å². The van der Waals surface area contributed by atoms with Gasteiger partial charge < -0.3 is 13.8 Å². The quantitative estimate of drug-likeness (QED) is 0.479. The standard InChI is InChI=1S/C14H25O5P/c1-5-17-13(15)14(11-12(14)4)9-8-10-20(16,18-6-2)19-7-3/h8,10,12H,5-7,9,11H2,1-4H3/b10-8+/t12?,14-/m0/s1. The Morgan fingerprint density at radius 2 is 1.80 bits per heavy atom. The van der Waals surface area contributed by atoms with Gasteiger partial charge in [-0.05, 0) is 39.5 Å². The summed E-state index contributed by atoms with van der Waals surface area (Å²) in [4.78, 5) is 12.0. The molecule has 6 heteroatoms. The van der Waals surface area contributed by atoms with Crippen LogP contribution in [0.1, 0.15) is 40.5 Å². The van der Waals surface area contributed by atoms with E-state index in [4.69, 9.17) is 13.8 Å². The van der Waals surface area contributed by atoms with Gasteiger partial charge in [0.15, 0.2) is 0 Å². The highest BCUT2D eigenvalue weighted by Crippen LogP contribution is 2.57. The van der Waals surface area contributed by atoms with Crippen LogP contribution in [0.5, 0.6) is 0 Å². The number of carbonyl (C=O) groups is 1. The molecule has 0 amide bonds. The first kappa shape index (κ1) is 17.4. The highest BCUT2D eigenvalue weighted by molar-refractivity contribution is 7.57. The Labute approximate surface area is 121 Å². The maximum absolute atomic E-state index is 12.2. The van der Waals surface area contributed by atoms with Gasteiger partial charge >= 0.3 is 13.6 Å². The molecule has 1 aliphatic rings. The molecule has 1 fully saturated rings. The fraction of sp³-hybridized carbons (Fsp3) is 0.786. The summed E-state index contributed by atoms with van der Waals surface area (Å²) < 4.78 is 27.7. The van der Waals surface area contributed by atoms with Crippen molar-refractivity contribution in [1.29, 1.82) is 0 Å². The number of esters is 1. The Hall–Kier alpha value is -0.640. The van der Waals surface area contributed by atoms with Gasteiger partial charge in [0.25, 0.3) is 0 Å². The average molecular weight is 304 g/mol. The first-order chi connectivity index (χ1) is 9.44. The van der Waals surface area contributed by atoms with E-state index in [9.17, 15) is 9.36 Å². The van der Waals surface area contributed by atoms with Gasteiger partial charge in [-0.2, -0.15) is 0 Å². The van der Waals surface area contributed by atoms with Crippen molar-refractivity contribution in [3.05, 3.63) is 11.9 Å². The van der Waals surface area contributed by atoms with Crippen LogP contribution in [0.25, 0.3) is 0 Å². The van der Waals surface area contributed by atoms with Crippen molar-refractivity contribution in [1.82, 2.24) is 0 Å². The minimum Gasteiger partial charge on any atom is -0.466 e. The van der Waals surface area contributed by atoms with E-state index in [0.29, 0.717) is 32.2 Å². The predicted molar refractivity (Wildman–Crippen MR) is 77.5 cm³/mol. The lowest BCUT2D eigenvalue weighted by Gasteiger charge is -2.15. The molecule has 1 aliphatic carbocycles. The van der Waals surface area contributed by atoms with Crippen LogP contribution in [0.2, 0.25) is 0 Å². The summed E-state index contributed by atoms with van der Waals surface area (Å²) in [6.45, 7) is 8.38. The van der Waals surface area contributed by atoms with Crippen LogP contribution in [0.3, 0.4) is 0 Å². The minimum atomic E-state index is -3.18. The lowest BCUT2D eigenvalue weighted by molar-refractivity contribution is -0.150. The van der Waals surface area contributed by atoms with Crippen molar-refractivity contribution in [2.45, 2.75) is 40.5 Å². The summed E-state index contributed by atoms with van der Waals surface area (Å²) in [5.74, 6) is 1.59. The Bertz CT molecular complexity index is 396. The summed E-state index contributed by atoms with van der Waals surface area (Å²) in [6, 6.07) is 0. The molecule has 1 unspecified atom stereocenters. The highest BCUT2D eigenvalue weighted by atomic mass is 31.2. The zero-order valence-corrected chi connectivity index (χ0v) is 13.7. The molecule has 0 radical (unpaired) electrons. The van der Waals surface area contributed by atoms with Crippen molar-refractivity contribution in [2.24, 2.45) is 11.3 Å². The normalized spacial score (nSPS) is 25.9. The molecule has 116 valence electrons. The molecule has 0 heterocycles. The first-order valence-corrected chi connectivity index (χ1v) is 8.79. The topological polar surface area (TPSA) is 61.8 Å². The van der Waals surface area contributed by atoms with E-state index in [0.717, 1.165) is 6.42 Å². The molecule has 1 saturated carbocycles. The molecule has 0 aromatic heterocycles. The maximum atomic E-state index is 12.2. The predicted octanol–water partition coefficient (Wildman–Crippen LogP) is 3.75. The molecule has 0 saturated heterocycles. The Balaban J connectivity index is 2.66. The van der Waals surface area contributed by atoms with Crippen molar-refractivity contribution >= 4 is 13.6 Å². The van der Waals surface area contributed by atoms with E-state index in [1.165, 1.54) is 5.82 Å². The van der Waals surface area contributed by atoms with E-state index in [-0.39, 0.29) is 5.97 Å². The van der Waals surface area contributed by atoms with Gasteiger partial charge in [-0.15, -0.1) is 0 Å². The molecule has 0 aliphatic heterocycles. The van der Waals surface area contributed by atoms with Gasteiger partial charge in [-0.3, -0.25) is 9.36 Å². The number of ether oxygens (including phenoxy) is 1. The summed E-state index contributed by atoms with van der Waals surface area (Å²) in [5, 5.41) is 0. The van der Waals surface area contributed by atoms with Crippen LogP contribution in [0.4, 0.5) is 0 Å². The number of rotatable bonds is 9. The average Bonchev–Trinajstić information content (AvgIpc) is 3.02. The number of carbonyl (C=O) groups excluding carboxylic acids is 1. The molecule has 5 nitrogen and oxygen atoms in total. The van der Waals surface area contributed by atoms with E-state index in [1.807, 2.05) is 6.92 Å². The summed E-state index contributed by atoms with van der Waals surface area (Å²) in [5.41, 5.74) is -0.449. The van der Waals surface area contributed by atoms with Gasteiger partial charge in [0, 0.05) is 5.82 Å². The zero-order valence-electron chi connectivity index (χ0n) is 12.8. The molecular formula is C14H25O5P. The van der Waals surface area contributed by atoms with Crippen molar-refractivity contribution in [3.63, 3.8) is 0 Å². The van der Waals surface area contributed by atoms with Gasteiger partial charge in [-0.1, -0.05) is 13.0 Å². The van der Waals surface area contributed by atoms with Crippen LogP contribution >= 0.6 is 7.60 Å². The first-order valence-electron chi connectivity index (χ1n) is 7.17. The van der Waals surface area contributed by atoms with Crippen LogP contribution in [-0.2, 0) is 23.1 Å². The number of allylic oxidation sites excluding steroid dienone is 1. The van der Waals surface area contributed by atoms with Gasteiger partial charge in [-0.25, -0.2) is 0 Å². The molecule has 0 aromatic carbocycles. The Kier molecular flexibility index (Phi) is 6.44. The fourth-order valence-corrected chi connectivity index (χ4v) is 3.62.